The van der Waals surface area contributed by atoms with Crippen molar-refractivity contribution < 1.29 is 19.1 Å². The molecule has 0 aromatic heterocycles. The van der Waals surface area contributed by atoms with Crippen LogP contribution in [0.3, 0.4) is 0 Å². The molecule has 2 aromatic rings. The second-order valence-corrected chi connectivity index (χ2v) is 4.81. The molecule has 0 fully saturated rings. The van der Waals surface area contributed by atoms with E-state index in [0.717, 1.165) is 5.56 Å². The fourth-order valence-corrected chi connectivity index (χ4v) is 1.65. The van der Waals surface area contributed by atoms with E-state index in [1.807, 2.05) is 30.3 Å². The molecule has 2 aromatic carbocycles. The normalized spacial score (nSPS) is 10.3. The Labute approximate surface area is 134 Å². The predicted molar refractivity (Wildman–Crippen MR) is 88.0 cm³/mol. The van der Waals surface area contributed by atoms with Crippen LogP contribution in [0.4, 0.5) is 0 Å². The minimum absolute atomic E-state index is 0.312. The van der Waals surface area contributed by atoms with Gasteiger partial charge in [0.15, 0.2) is 0 Å². The Morgan fingerprint density at radius 3 is 2.04 bits per heavy atom. The predicted octanol–water partition coefficient (Wildman–Crippen LogP) is 3.79. The lowest BCUT2D eigenvalue weighted by atomic mass is 10.2. The largest absolute Gasteiger partial charge is 0.423 e. The highest BCUT2D eigenvalue weighted by atomic mass is 16.5. The first kappa shape index (κ1) is 16.2. The number of hydrogen-bond acceptors (Lipinski definition) is 4. The molecule has 0 aliphatic heterocycles. The molecule has 0 bridgehead atoms. The van der Waals surface area contributed by atoms with E-state index >= 15 is 0 Å². The van der Waals surface area contributed by atoms with Crippen molar-refractivity contribution in [1.29, 1.82) is 0 Å². The van der Waals surface area contributed by atoms with Crippen LogP contribution >= 0.6 is 0 Å². The number of esters is 2. The standard InChI is InChI=1S/C19H16O4/c1-14(2)19(21)23-17-11-9-16(10-12-17)22-18(20)13-8-15-6-4-3-5-7-15/h3-13H,1H2,2H3/b13-8+. The van der Waals surface area contributed by atoms with E-state index in [0.29, 0.717) is 17.1 Å². The van der Waals surface area contributed by atoms with Crippen LogP contribution in [0.25, 0.3) is 6.08 Å². The van der Waals surface area contributed by atoms with E-state index < -0.39 is 11.9 Å². The van der Waals surface area contributed by atoms with Crippen molar-refractivity contribution in [2.24, 2.45) is 0 Å². The lowest BCUT2D eigenvalue weighted by molar-refractivity contribution is -0.130. The first-order valence-corrected chi connectivity index (χ1v) is 6.97. The topological polar surface area (TPSA) is 52.6 Å². The van der Waals surface area contributed by atoms with Crippen molar-refractivity contribution >= 4 is 18.0 Å². The third kappa shape index (κ3) is 5.28. The maximum absolute atomic E-state index is 11.7. The quantitative estimate of drug-likeness (QED) is 0.479. The van der Waals surface area contributed by atoms with Crippen molar-refractivity contribution in [3.8, 4) is 11.5 Å². The summed E-state index contributed by atoms with van der Waals surface area (Å²) in [6, 6.07) is 15.6. The SMILES string of the molecule is C=C(C)C(=O)Oc1ccc(OC(=O)/C=C/c2ccccc2)cc1. The smallest absolute Gasteiger partial charge is 0.338 e. The molecule has 0 aliphatic rings. The van der Waals surface area contributed by atoms with Gasteiger partial charge in [0.05, 0.1) is 0 Å². The molecular weight excluding hydrogens is 292 g/mol. The first-order chi connectivity index (χ1) is 11.0. The summed E-state index contributed by atoms with van der Waals surface area (Å²) in [7, 11) is 0. The summed E-state index contributed by atoms with van der Waals surface area (Å²) in [5, 5.41) is 0. The Balaban J connectivity index is 1.93. The van der Waals surface area contributed by atoms with E-state index in [9.17, 15) is 9.59 Å². The molecule has 2 rings (SSSR count). The summed E-state index contributed by atoms with van der Waals surface area (Å²) in [5.41, 5.74) is 1.22. The monoisotopic (exact) mass is 308 g/mol. The average Bonchev–Trinajstić information content (AvgIpc) is 2.55. The van der Waals surface area contributed by atoms with Gasteiger partial charge in [-0.2, -0.15) is 0 Å². The van der Waals surface area contributed by atoms with Gasteiger partial charge in [-0.1, -0.05) is 36.9 Å². The lowest BCUT2D eigenvalue weighted by Crippen LogP contribution is -2.08. The Hall–Kier alpha value is -3.14. The molecule has 23 heavy (non-hydrogen) atoms. The highest BCUT2D eigenvalue weighted by molar-refractivity contribution is 5.89. The van der Waals surface area contributed by atoms with Crippen molar-refractivity contribution in [3.63, 3.8) is 0 Å². The van der Waals surface area contributed by atoms with Gasteiger partial charge in [-0.05, 0) is 42.8 Å². The van der Waals surface area contributed by atoms with Gasteiger partial charge in [-0.15, -0.1) is 0 Å². The molecule has 0 atom stereocenters. The maximum Gasteiger partial charge on any atom is 0.338 e. The van der Waals surface area contributed by atoms with Crippen LogP contribution in [0.5, 0.6) is 11.5 Å². The molecule has 0 unspecified atom stereocenters. The molecule has 0 saturated heterocycles. The highest BCUT2D eigenvalue weighted by Crippen LogP contribution is 2.18. The minimum atomic E-state index is -0.500. The second-order valence-electron chi connectivity index (χ2n) is 4.81. The van der Waals surface area contributed by atoms with Gasteiger partial charge in [0.25, 0.3) is 0 Å². The number of carbonyl (C=O) groups excluding carboxylic acids is 2. The van der Waals surface area contributed by atoms with E-state index in [2.05, 4.69) is 6.58 Å². The Kier molecular flexibility index (Phi) is 5.47. The van der Waals surface area contributed by atoms with Gasteiger partial charge >= 0.3 is 11.9 Å². The molecule has 4 heteroatoms. The Morgan fingerprint density at radius 1 is 0.913 bits per heavy atom. The zero-order valence-corrected chi connectivity index (χ0v) is 12.7. The Bertz CT molecular complexity index is 728. The average molecular weight is 308 g/mol. The maximum atomic E-state index is 11.7. The minimum Gasteiger partial charge on any atom is -0.423 e. The molecule has 0 radical (unpaired) electrons. The van der Waals surface area contributed by atoms with E-state index in [4.69, 9.17) is 9.47 Å². The van der Waals surface area contributed by atoms with Crippen molar-refractivity contribution in [3.05, 3.63) is 78.4 Å². The fraction of sp³-hybridized carbons (Fsp3) is 0.0526. The summed E-state index contributed by atoms with van der Waals surface area (Å²) in [6.45, 7) is 5.07. The van der Waals surface area contributed by atoms with Gasteiger partial charge in [0, 0.05) is 11.6 Å². The van der Waals surface area contributed by atoms with Crippen molar-refractivity contribution in [2.45, 2.75) is 6.92 Å². The summed E-state index contributed by atoms with van der Waals surface area (Å²) in [4.78, 5) is 23.1. The molecule has 0 amide bonds. The van der Waals surface area contributed by atoms with Gasteiger partial charge in [0.1, 0.15) is 11.5 Å². The van der Waals surface area contributed by atoms with Gasteiger partial charge in [0.2, 0.25) is 0 Å². The summed E-state index contributed by atoms with van der Waals surface area (Å²) in [5.74, 6) is -0.262. The molecule has 116 valence electrons. The van der Waals surface area contributed by atoms with Gasteiger partial charge < -0.3 is 9.47 Å². The van der Waals surface area contributed by atoms with Crippen LogP contribution in [-0.2, 0) is 9.59 Å². The summed E-state index contributed by atoms with van der Waals surface area (Å²) < 4.78 is 10.2. The Morgan fingerprint density at radius 2 is 1.48 bits per heavy atom. The van der Waals surface area contributed by atoms with Crippen LogP contribution < -0.4 is 9.47 Å². The van der Waals surface area contributed by atoms with Crippen molar-refractivity contribution in [2.75, 3.05) is 0 Å². The molecular formula is C19H16O4. The van der Waals surface area contributed by atoms with Crippen LogP contribution in [0, 0.1) is 0 Å². The molecule has 0 saturated carbocycles. The third-order valence-electron chi connectivity index (χ3n) is 2.81. The molecule has 0 spiro atoms. The van der Waals surface area contributed by atoms with Crippen LogP contribution in [0.15, 0.2) is 72.8 Å². The molecule has 0 heterocycles. The number of ether oxygens (including phenoxy) is 2. The molecule has 0 N–H and O–H groups in total. The van der Waals surface area contributed by atoms with E-state index in [1.165, 1.54) is 6.08 Å². The van der Waals surface area contributed by atoms with Crippen molar-refractivity contribution in [1.82, 2.24) is 0 Å². The van der Waals surface area contributed by atoms with E-state index in [-0.39, 0.29) is 0 Å². The zero-order valence-electron chi connectivity index (χ0n) is 12.7. The van der Waals surface area contributed by atoms with Crippen LogP contribution in [0.2, 0.25) is 0 Å². The number of rotatable bonds is 5. The number of benzene rings is 2. The lowest BCUT2D eigenvalue weighted by Gasteiger charge is -2.05. The second kappa shape index (κ2) is 7.75. The van der Waals surface area contributed by atoms with Gasteiger partial charge in [-0.25, -0.2) is 9.59 Å². The number of carbonyl (C=O) groups is 2. The first-order valence-electron chi connectivity index (χ1n) is 6.97. The van der Waals surface area contributed by atoms with Crippen LogP contribution in [0.1, 0.15) is 12.5 Å². The summed E-state index contributed by atoms with van der Waals surface area (Å²) in [6.07, 6.45) is 3.02. The zero-order chi connectivity index (χ0) is 16.7. The summed E-state index contributed by atoms with van der Waals surface area (Å²) >= 11 is 0. The highest BCUT2D eigenvalue weighted by Gasteiger charge is 2.06. The van der Waals surface area contributed by atoms with Gasteiger partial charge in [-0.3, -0.25) is 0 Å². The fourth-order valence-electron chi connectivity index (χ4n) is 1.65. The molecule has 4 nitrogen and oxygen atoms in total. The third-order valence-corrected chi connectivity index (χ3v) is 2.81. The van der Waals surface area contributed by atoms with E-state index in [1.54, 1.807) is 37.3 Å². The molecule has 0 aliphatic carbocycles. The number of hydrogen-bond donors (Lipinski definition) is 0. The van der Waals surface area contributed by atoms with Crippen LogP contribution in [-0.4, -0.2) is 11.9 Å².